The second-order valence-corrected chi connectivity index (χ2v) is 4.93. The van der Waals surface area contributed by atoms with Gasteiger partial charge in [-0.25, -0.2) is 4.98 Å². The highest BCUT2D eigenvalue weighted by Crippen LogP contribution is 2.27. The second-order valence-electron chi connectivity index (χ2n) is 4.55. The summed E-state index contributed by atoms with van der Waals surface area (Å²) < 4.78 is 0. The van der Waals surface area contributed by atoms with Crippen LogP contribution in [0.25, 0.3) is 0 Å². The lowest BCUT2D eigenvalue weighted by Gasteiger charge is -2.25. The van der Waals surface area contributed by atoms with E-state index in [2.05, 4.69) is 18.8 Å². The van der Waals surface area contributed by atoms with E-state index in [4.69, 9.17) is 23.1 Å². The summed E-state index contributed by atoms with van der Waals surface area (Å²) in [7, 11) is 0. The molecule has 1 heterocycles. The first kappa shape index (κ1) is 14.7. The van der Waals surface area contributed by atoms with E-state index >= 15 is 0 Å². The Kier molecular flexibility index (Phi) is 5.37. The SMILES string of the molecule is CC(C)CN(CC(N)=O)c1nccc(CN)c1Cl. The van der Waals surface area contributed by atoms with E-state index in [0.717, 1.165) is 5.56 Å². The maximum absolute atomic E-state index is 11.1. The topological polar surface area (TPSA) is 85.2 Å². The lowest BCUT2D eigenvalue weighted by Crippen LogP contribution is -2.37. The highest BCUT2D eigenvalue weighted by atomic mass is 35.5. The monoisotopic (exact) mass is 270 g/mol. The van der Waals surface area contributed by atoms with E-state index in [1.165, 1.54) is 0 Å². The van der Waals surface area contributed by atoms with E-state index in [1.54, 1.807) is 17.2 Å². The highest BCUT2D eigenvalue weighted by molar-refractivity contribution is 6.33. The van der Waals surface area contributed by atoms with Crippen LogP contribution in [0, 0.1) is 5.92 Å². The van der Waals surface area contributed by atoms with Crippen LogP contribution in [0.2, 0.25) is 5.02 Å². The van der Waals surface area contributed by atoms with E-state index < -0.39 is 5.91 Å². The van der Waals surface area contributed by atoms with Crippen molar-refractivity contribution in [3.8, 4) is 0 Å². The molecule has 5 nitrogen and oxygen atoms in total. The smallest absolute Gasteiger partial charge is 0.236 e. The van der Waals surface area contributed by atoms with Crippen LogP contribution >= 0.6 is 11.6 Å². The molecule has 1 aromatic heterocycles. The van der Waals surface area contributed by atoms with Gasteiger partial charge in [0.15, 0.2) is 0 Å². The van der Waals surface area contributed by atoms with Gasteiger partial charge in [-0.2, -0.15) is 0 Å². The molecule has 0 bridgehead atoms. The van der Waals surface area contributed by atoms with Crippen LogP contribution in [0.3, 0.4) is 0 Å². The van der Waals surface area contributed by atoms with E-state index in [1.807, 2.05) is 0 Å². The predicted octanol–water partition coefficient (Wildman–Crippen LogP) is 1.14. The molecule has 0 aliphatic heterocycles. The summed E-state index contributed by atoms with van der Waals surface area (Å²) >= 11 is 6.23. The van der Waals surface area contributed by atoms with Crippen LogP contribution in [0.5, 0.6) is 0 Å². The molecule has 100 valence electrons. The predicted molar refractivity (Wildman–Crippen MR) is 73.4 cm³/mol. The molecule has 18 heavy (non-hydrogen) atoms. The lowest BCUT2D eigenvalue weighted by molar-refractivity contribution is -0.116. The molecule has 0 radical (unpaired) electrons. The number of rotatable bonds is 6. The van der Waals surface area contributed by atoms with Gasteiger partial charge in [-0.05, 0) is 17.5 Å². The highest BCUT2D eigenvalue weighted by Gasteiger charge is 2.17. The minimum Gasteiger partial charge on any atom is -0.368 e. The largest absolute Gasteiger partial charge is 0.368 e. The number of hydrogen-bond acceptors (Lipinski definition) is 4. The Morgan fingerprint density at radius 2 is 2.22 bits per heavy atom. The van der Waals surface area contributed by atoms with Gasteiger partial charge in [-0.3, -0.25) is 4.79 Å². The van der Waals surface area contributed by atoms with Crippen molar-refractivity contribution in [2.45, 2.75) is 20.4 Å². The van der Waals surface area contributed by atoms with Gasteiger partial charge in [0.05, 0.1) is 11.6 Å². The number of carbonyl (C=O) groups is 1. The van der Waals surface area contributed by atoms with E-state index in [-0.39, 0.29) is 6.54 Å². The summed E-state index contributed by atoms with van der Waals surface area (Å²) in [6.45, 7) is 5.19. The third kappa shape index (κ3) is 3.85. The minimum absolute atomic E-state index is 0.0962. The fraction of sp³-hybridized carbons (Fsp3) is 0.500. The number of halogens is 1. The van der Waals surface area contributed by atoms with Gasteiger partial charge < -0.3 is 16.4 Å². The number of amides is 1. The van der Waals surface area contributed by atoms with Crippen molar-refractivity contribution < 1.29 is 4.79 Å². The Balaban J connectivity index is 3.07. The van der Waals surface area contributed by atoms with Crippen LogP contribution < -0.4 is 16.4 Å². The number of carbonyl (C=O) groups excluding carboxylic acids is 1. The van der Waals surface area contributed by atoms with Gasteiger partial charge in [-0.1, -0.05) is 25.4 Å². The number of nitrogens with zero attached hydrogens (tertiary/aromatic N) is 2. The van der Waals surface area contributed by atoms with Gasteiger partial charge in [0, 0.05) is 19.3 Å². The van der Waals surface area contributed by atoms with Crippen molar-refractivity contribution in [1.29, 1.82) is 0 Å². The number of primary amides is 1. The summed E-state index contributed by atoms with van der Waals surface area (Å²) in [6.07, 6.45) is 1.64. The molecular weight excluding hydrogens is 252 g/mol. The first-order valence-electron chi connectivity index (χ1n) is 5.82. The summed E-state index contributed by atoms with van der Waals surface area (Å²) in [5, 5.41) is 0.488. The molecule has 6 heteroatoms. The van der Waals surface area contributed by atoms with E-state index in [0.29, 0.717) is 29.8 Å². The third-order valence-electron chi connectivity index (χ3n) is 2.40. The molecule has 0 unspecified atom stereocenters. The fourth-order valence-electron chi connectivity index (χ4n) is 1.70. The molecule has 0 aliphatic rings. The minimum atomic E-state index is -0.410. The van der Waals surface area contributed by atoms with Crippen molar-refractivity contribution in [2.24, 2.45) is 17.4 Å². The average Bonchev–Trinajstić information content (AvgIpc) is 2.27. The van der Waals surface area contributed by atoms with Gasteiger partial charge in [0.1, 0.15) is 5.82 Å². The van der Waals surface area contributed by atoms with E-state index in [9.17, 15) is 4.79 Å². The summed E-state index contributed by atoms with van der Waals surface area (Å²) in [5.41, 5.74) is 11.7. The van der Waals surface area contributed by atoms with Crippen molar-refractivity contribution >= 4 is 23.3 Å². The number of anilines is 1. The zero-order valence-corrected chi connectivity index (χ0v) is 11.4. The van der Waals surface area contributed by atoms with Gasteiger partial charge >= 0.3 is 0 Å². The van der Waals surface area contributed by atoms with Crippen LogP contribution in [0.4, 0.5) is 5.82 Å². The molecular formula is C12H19ClN4O. The Bertz CT molecular complexity index is 423. The number of hydrogen-bond donors (Lipinski definition) is 2. The Hall–Kier alpha value is -1.33. The summed E-state index contributed by atoms with van der Waals surface area (Å²) in [4.78, 5) is 17.1. The van der Waals surface area contributed by atoms with Crippen LogP contribution in [-0.2, 0) is 11.3 Å². The first-order valence-corrected chi connectivity index (χ1v) is 6.20. The summed E-state index contributed by atoms with van der Waals surface area (Å²) in [5.74, 6) is 0.516. The van der Waals surface area contributed by atoms with Crippen molar-refractivity contribution in [1.82, 2.24) is 4.98 Å². The number of pyridine rings is 1. The molecule has 0 spiro atoms. The van der Waals surface area contributed by atoms with Gasteiger partial charge in [-0.15, -0.1) is 0 Å². The Morgan fingerprint density at radius 3 is 2.72 bits per heavy atom. The molecule has 0 saturated carbocycles. The summed E-state index contributed by atoms with van der Waals surface area (Å²) in [6, 6.07) is 1.77. The molecule has 0 atom stereocenters. The van der Waals surface area contributed by atoms with Crippen molar-refractivity contribution in [3.63, 3.8) is 0 Å². The van der Waals surface area contributed by atoms with Crippen molar-refractivity contribution in [2.75, 3.05) is 18.0 Å². The van der Waals surface area contributed by atoms with Gasteiger partial charge in [0.2, 0.25) is 5.91 Å². The average molecular weight is 271 g/mol. The standard InChI is InChI=1S/C12H19ClN4O/c1-8(2)6-17(7-10(15)18)12-11(13)9(5-14)3-4-16-12/h3-4,8H,5-7,14H2,1-2H3,(H2,15,18). The Morgan fingerprint density at radius 1 is 1.56 bits per heavy atom. The zero-order valence-electron chi connectivity index (χ0n) is 10.7. The zero-order chi connectivity index (χ0) is 13.7. The Labute approximate surface area is 112 Å². The quantitative estimate of drug-likeness (QED) is 0.812. The molecule has 0 aromatic carbocycles. The van der Waals surface area contributed by atoms with Gasteiger partial charge in [0.25, 0.3) is 0 Å². The number of aromatic nitrogens is 1. The molecule has 0 aliphatic carbocycles. The van der Waals surface area contributed by atoms with Crippen molar-refractivity contribution in [3.05, 3.63) is 22.8 Å². The first-order chi connectivity index (χ1) is 8.45. The molecule has 1 amide bonds. The normalized spacial score (nSPS) is 10.7. The number of nitrogens with two attached hydrogens (primary N) is 2. The maximum atomic E-state index is 11.1. The second kappa shape index (κ2) is 6.56. The fourth-order valence-corrected chi connectivity index (χ4v) is 2.01. The molecule has 1 aromatic rings. The molecule has 1 rings (SSSR count). The third-order valence-corrected chi connectivity index (χ3v) is 2.81. The van der Waals surface area contributed by atoms with Crippen LogP contribution in [-0.4, -0.2) is 24.0 Å². The van der Waals surface area contributed by atoms with Crippen LogP contribution in [0.1, 0.15) is 19.4 Å². The molecule has 4 N–H and O–H groups in total. The molecule has 0 fully saturated rings. The molecule has 0 saturated heterocycles. The van der Waals surface area contributed by atoms with Crippen LogP contribution in [0.15, 0.2) is 12.3 Å². The lowest BCUT2D eigenvalue weighted by atomic mass is 10.2. The maximum Gasteiger partial charge on any atom is 0.236 e.